The highest BCUT2D eigenvalue weighted by Gasteiger charge is 2.46. The third-order valence-electron chi connectivity index (χ3n) is 3.39. The number of hydrogen-bond donors (Lipinski definition) is 1. The van der Waals surface area contributed by atoms with Crippen LogP contribution in [0.5, 0.6) is 0 Å². The molecule has 1 aliphatic carbocycles. The lowest BCUT2D eigenvalue weighted by Gasteiger charge is -2.39. The summed E-state index contributed by atoms with van der Waals surface area (Å²) >= 11 is 0. The van der Waals surface area contributed by atoms with E-state index in [-0.39, 0.29) is 5.60 Å². The van der Waals surface area contributed by atoms with Gasteiger partial charge in [0, 0.05) is 13.1 Å². The molecule has 2 aliphatic rings. The fraction of sp³-hybridized carbons (Fsp3) is 1.00. The lowest BCUT2D eigenvalue weighted by atomic mass is 9.88. The van der Waals surface area contributed by atoms with Gasteiger partial charge in [0.1, 0.15) is 0 Å². The lowest BCUT2D eigenvalue weighted by molar-refractivity contribution is -0.108. The fourth-order valence-corrected chi connectivity index (χ4v) is 2.88. The van der Waals surface area contributed by atoms with Crippen molar-refractivity contribution in [2.45, 2.75) is 51.7 Å². The maximum absolute atomic E-state index is 6.11. The molecule has 0 aromatic heterocycles. The molecule has 2 nitrogen and oxygen atoms in total. The van der Waals surface area contributed by atoms with Gasteiger partial charge in [0.05, 0.1) is 11.7 Å². The third kappa shape index (κ3) is 1.89. The van der Waals surface area contributed by atoms with E-state index in [1.807, 2.05) is 0 Å². The van der Waals surface area contributed by atoms with Gasteiger partial charge < -0.3 is 10.1 Å². The van der Waals surface area contributed by atoms with Gasteiger partial charge in [0.15, 0.2) is 0 Å². The van der Waals surface area contributed by atoms with Crippen molar-refractivity contribution in [3.8, 4) is 0 Å². The van der Waals surface area contributed by atoms with E-state index in [9.17, 15) is 0 Å². The molecule has 0 radical (unpaired) electrons. The second-order valence-electron chi connectivity index (χ2n) is 5.58. The summed E-state index contributed by atoms with van der Waals surface area (Å²) in [7, 11) is 0. The van der Waals surface area contributed by atoms with E-state index < -0.39 is 0 Å². The van der Waals surface area contributed by atoms with Gasteiger partial charge in [-0.1, -0.05) is 13.8 Å². The van der Waals surface area contributed by atoms with E-state index >= 15 is 0 Å². The smallest absolute Gasteiger partial charge is 0.0815 e. The Hall–Kier alpha value is -0.0800. The van der Waals surface area contributed by atoms with Crippen LogP contribution < -0.4 is 5.32 Å². The fourth-order valence-electron chi connectivity index (χ4n) is 2.88. The summed E-state index contributed by atoms with van der Waals surface area (Å²) in [5.74, 6) is 0. The van der Waals surface area contributed by atoms with E-state index in [1.165, 1.54) is 19.3 Å². The van der Waals surface area contributed by atoms with Crippen LogP contribution in [-0.4, -0.2) is 24.8 Å². The standard InChI is InChI=1S/C11H21NO/c1-9-6-12-8-11(13-9)5-4-10(2,3)7-11/h9,12H,4-8H2,1-3H3. The first kappa shape index (κ1) is 9.47. The Morgan fingerprint density at radius 3 is 2.62 bits per heavy atom. The molecule has 76 valence electrons. The molecule has 0 aromatic carbocycles. The van der Waals surface area contributed by atoms with Gasteiger partial charge in [-0.25, -0.2) is 0 Å². The zero-order valence-electron chi connectivity index (χ0n) is 9.02. The minimum atomic E-state index is 0.168. The minimum Gasteiger partial charge on any atom is -0.369 e. The molecule has 1 N–H and O–H groups in total. The van der Waals surface area contributed by atoms with Crippen molar-refractivity contribution in [3.63, 3.8) is 0 Å². The maximum atomic E-state index is 6.11. The minimum absolute atomic E-state index is 0.168. The summed E-state index contributed by atoms with van der Waals surface area (Å²) in [6.45, 7) is 8.94. The molecule has 1 aliphatic heterocycles. The Kier molecular flexibility index (Phi) is 2.16. The van der Waals surface area contributed by atoms with Crippen molar-refractivity contribution in [1.29, 1.82) is 0 Å². The molecule has 0 aromatic rings. The van der Waals surface area contributed by atoms with Crippen molar-refractivity contribution >= 4 is 0 Å². The van der Waals surface area contributed by atoms with Crippen molar-refractivity contribution in [2.24, 2.45) is 5.41 Å². The monoisotopic (exact) mass is 183 g/mol. The quantitative estimate of drug-likeness (QED) is 0.619. The van der Waals surface area contributed by atoms with E-state index in [0.29, 0.717) is 11.5 Å². The molecule has 13 heavy (non-hydrogen) atoms. The van der Waals surface area contributed by atoms with Crippen molar-refractivity contribution in [2.75, 3.05) is 13.1 Å². The Morgan fingerprint density at radius 1 is 1.31 bits per heavy atom. The topological polar surface area (TPSA) is 21.3 Å². The zero-order valence-corrected chi connectivity index (χ0v) is 9.02. The molecular weight excluding hydrogens is 162 g/mol. The number of morpholine rings is 1. The molecule has 2 fully saturated rings. The molecule has 2 rings (SSSR count). The Morgan fingerprint density at radius 2 is 2.08 bits per heavy atom. The van der Waals surface area contributed by atoms with Crippen LogP contribution in [0.2, 0.25) is 0 Å². The van der Waals surface area contributed by atoms with Crippen LogP contribution in [0.1, 0.15) is 40.0 Å². The van der Waals surface area contributed by atoms with Gasteiger partial charge in [-0.2, -0.15) is 0 Å². The first-order valence-corrected chi connectivity index (χ1v) is 5.40. The van der Waals surface area contributed by atoms with Crippen molar-refractivity contribution in [3.05, 3.63) is 0 Å². The molecule has 2 atom stereocenters. The van der Waals surface area contributed by atoms with Gasteiger partial charge in [0.2, 0.25) is 0 Å². The van der Waals surface area contributed by atoms with Crippen LogP contribution in [0.25, 0.3) is 0 Å². The summed E-state index contributed by atoms with van der Waals surface area (Å²) in [4.78, 5) is 0. The van der Waals surface area contributed by atoms with Crippen LogP contribution in [0, 0.1) is 5.41 Å². The summed E-state index contributed by atoms with van der Waals surface area (Å²) < 4.78 is 6.11. The molecule has 1 saturated heterocycles. The molecule has 1 spiro atoms. The average Bonchev–Trinajstić information content (AvgIpc) is 2.26. The third-order valence-corrected chi connectivity index (χ3v) is 3.39. The van der Waals surface area contributed by atoms with Crippen LogP contribution >= 0.6 is 0 Å². The predicted molar refractivity (Wildman–Crippen MR) is 53.8 cm³/mol. The van der Waals surface area contributed by atoms with Gasteiger partial charge in [-0.15, -0.1) is 0 Å². The normalized spacial score (nSPS) is 44.1. The predicted octanol–water partition coefficient (Wildman–Crippen LogP) is 1.94. The molecule has 2 unspecified atom stereocenters. The van der Waals surface area contributed by atoms with Crippen LogP contribution in [0.4, 0.5) is 0 Å². The van der Waals surface area contributed by atoms with E-state index in [1.54, 1.807) is 0 Å². The van der Waals surface area contributed by atoms with Crippen LogP contribution in [0.3, 0.4) is 0 Å². The maximum Gasteiger partial charge on any atom is 0.0815 e. The number of hydrogen-bond acceptors (Lipinski definition) is 2. The van der Waals surface area contributed by atoms with Gasteiger partial charge in [0.25, 0.3) is 0 Å². The highest BCUT2D eigenvalue weighted by molar-refractivity contribution is 4.99. The summed E-state index contributed by atoms with van der Waals surface area (Å²) in [6.07, 6.45) is 4.15. The van der Waals surface area contributed by atoms with Crippen molar-refractivity contribution < 1.29 is 4.74 Å². The first-order valence-electron chi connectivity index (χ1n) is 5.40. The Balaban J connectivity index is 2.05. The summed E-state index contributed by atoms with van der Waals surface area (Å²) in [5, 5.41) is 3.48. The number of rotatable bonds is 0. The van der Waals surface area contributed by atoms with Crippen molar-refractivity contribution in [1.82, 2.24) is 5.32 Å². The second kappa shape index (κ2) is 2.96. The molecule has 0 bridgehead atoms. The van der Waals surface area contributed by atoms with E-state index in [2.05, 4.69) is 26.1 Å². The largest absolute Gasteiger partial charge is 0.369 e. The van der Waals surface area contributed by atoms with E-state index in [4.69, 9.17) is 4.74 Å². The van der Waals surface area contributed by atoms with Gasteiger partial charge in [-0.05, 0) is 31.6 Å². The molecule has 1 heterocycles. The molecule has 0 amide bonds. The Labute approximate surface area is 81.0 Å². The van der Waals surface area contributed by atoms with Crippen LogP contribution in [-0.2, 0) is 4.74 Å². The summed E-state index contributed by atoms with van der Waals surface area (Å²) in [5.41, 5.74) is 0.653. The lowest BCUT2D eigenvalue weighted by Crippen LogP contribution is -2.51. The number of nitrogens with one attached hydrogen (secondary N) is 1. The summed E-state index contributed by atoms with van der Waals surface area (Å²) in [6, 6.07) is 0. The van der Waals surface area contributed by atoms with E-state index in [0.717, 1.165) is 13.1 Å². The van der Waals surface area contributed by atoms with Gasteiger partial charge in [-0.3, -0.25) is 0 Å². The average molecular weight is 183 g/mol. The SMILES string of the molecule is CC1CNCC2(CCC(C)(C)C2)O1. The van der Waals surface area contributed by atoms with Gasteiger partial charge >= 0.3 is 0 Å². The molecular formula is C11H21NO. The Bertz CT molecular complexity index is 202. The highest BCUT2D eigenvalue weighted by atomic mass is 16.5. The molecule has 1 saturated carbocycles. The first-order chi connectivity index (χ1) is 6.02. The highest BCUT2D eigenvalue weighted by Crippen LogP contribution is 2.46. The number of ether oxygens (including phenoxy) is 1. The zero-order chi connectivity index (χ0) is 9.53. The van der Waals surface area contributed by atoms with Crippen LogP contribution in [0.15, 0.2) is 0 Å². The second-order valence-corrected chi connectivity index (χ2v) is 5.58. The molecule has 2 heteroatoms.